The second kappa shape index (κ2) is 7.85. The highest BCUT2D eigenvalue weighted by atomic mass is 19.4. The molecule has 3 aromatic rings. The Balaban J connectivity index is 1.59. The van der Waals surface area contributed by atoms with Gasteiger partial charge in [-0.15, -0.1) is 0 Å². The van der Waals surface area contributed by atoms with Crippen LogP contribution in [0.5, 0.6) is 0 Å². The van der Waals surface area contributed by atoms with Crippen LogP contribution >= 0.6 is 0 Å². The fourth-order valence-corrected chi connectivity index (χ4v) is 4.23. The Labute approximate surface area is 184 Å². The fraction of sp³-hybridized carbons (Fsp3) is 0.400. The highest BCUT2D eigenvalue weighted by molar-refractivity contribution is 5.89. The van der Waals surface area contributed by atoms with Crippen LogP contribution in [0.3, 0.4) is 0 Å². The molecule has 3 N–H and O–H groups in total. The summed E-state index contributed by atoms with van der Waals surface area (Å²) in [7, 11) is 0. The van der Waals surface area contributed by atoms with Crippen LogP contribution < -0.4 is 10.2 Å². The van der Waals surface area contributed by atoms with Gasteiger partial charge in [0.1, 0.15) is 18.5 Å². The molecule has 2 aromatic heterocycles. The first kappa shape index (κ1) is 21.4. The van der Waals surface area contributed by atoms with E-state index in [0.717, 1.165) is 4.68 Å². The molecule has 2 fully saturated rings. The lowest BCUT2D eigenvalue weighted by Crippen LogP contribution is -2.44. The van der Waals surface area contributed by atoms with Gasteiger partial charge >= 0.3 is 12.3 Å². The van der Waals surface area contributed by atoms with Crippen LogP contribution in [0.4, 0.5) is 29.5 Å². The first-order valence-electron chi connectivity index (χ1n) is 10.2. The summed E-state index contributed by atoms with van der Waals surface area (Å²) < 4.78 is 45.9. The molecule has 0 spiro atoms. The topological polar surface area (TPSA) is 126 Å². The third kappa shape index (κ3) is 4.28. The van der Waals surface area contributed by atoms with Crippen LogP contribution in [0.1, 0.15) is 6.42 Å². The number of aromatic nitrogens is 4. The van der Waals surface area contributed by atoms with E-state index in [2.05, 4.69) is 20.4 Å². The number of amides is 1. The zero-order valence-corrected chi connectivity index (χ0v) is 17.0. The Kier molecular flexibility index (Phi) is 5.09. The van der Waals surface area contributed by atoms with Crippen LogP contribution in [0, 0.1) is 0 Å². The van der Waals surface area contributed by atoms with Crippen molar-refractivity contribution in [2.24, 2.45) is 0 Å². The maximum Gasteiger partial charge on any atom is 0.409 e. The summed E-state index contributed by atoms with van der Waals surface area (Å²) in [5, 5.41) is 25.5. The number of benzene rings is 1. The van der Waals surface area contributed by atoms with Gasteiger partial charge in [0.2, 0.25) is 0 Å². The van der Waals surface area contributed by atoms with Crippen LogP contribution in [0.2, 0.25) is 0 Å². The van der Waals surface area contributed by atoms with E-state index in [-0.39, 0.29) is 17.6 Å². The molecule has 4 heterocycles. The number of carboxylic acid groups (broad SMARTS) is 1. The lowest BCUT2D eigenvalue weighted by Gasteiger charge is -2.33. The molecule has 0 radical (unpaired) electrons. The maximum absolute atomic E-state index is 13.1. The monoisotopic (exact) mass is 464 g/mol. The molecule has 2 aliphatic heterocycles. The van der Waals surface area contributed by atoms with E-state index in [0.29, 0.717) is 42.0 Å². The smallest absolute Gasteiger partial charge is 0.409 e. The van der Waals surface area contributed by atoms with Crippen LogP contribution in [-0.4, -0.2) is 73.6 Å². The van der Waals surface area contributed by atoms with Gasteiger partial charge in [0, 0.05) is 30.8 Å². The van der Waals surface area contributed by atoms with E-state index in [1.807, 2.05) is 4.90 Å². The molecule has 1 aromatic carbocycles. The van der Waals surface area contributed by atoms with E-state index in [9.17, 15) is 23.1 Å². The molecule has 174 valence electrons. The molecule has 33 heavy (non-hydrogen) atoms. The van der Waals surface area contributed by atoms with Crippen molar-refractivity contribution < 1.29 is 32.9 Å². The summed E-state index contributed by atoms with van der Waals surface area (Å²) in [6.45, 7) is -0.554. The number of anilines is 2. The molecule has 2 saturated heterocycles. The van der Waals surface area contributed by atoms with Crippen molar-refractivity contribution in [1.29, 1.82) is 0 Å². The summed E-state index contributed by atoms with van der Waals surface area (Å²) in [6.07, 6.45) is -5.15. The second-order valence-corrected chi connectivity index (χ2v) is 8.04. The van der Waals surface area contributed by atoms with Gasteiger partial charge in [0.25, 0.3) is 0 Å². The molecule has 10 nitrogen and oxygen atoms in total. The van der Waals surface area contributed by atoms with Crippen molar-refractivity contribution in [2.45, 2.75) is 37.5 Å². The molecule has 2 aliphatic rings. The number of hydrogen-bond acceptors (Lipinski definition) is 7. The molecule has 0 saturated carbocycles. The summed E-state index contributed by atoms with van der Waals surface area (Å²) in [5.41, 5.74) is 0.845. The lowest BCUT2D eigenvalue weighted by atomic mass is 10.2. The number of alkyl halides is 3. The van der Waals surface area contributed by atoms with Crippen molar-refractivity contribution in [2.75, 3.05) is 23.3 Å². The molecule has 13 heteroatoms. The lowest BCUT2D eigenvalue weighted by molar-refractivity contribution is -0.141. The van der Waals surface area contributed by atoms with Crippen LogP contribution in [0.15, 0.2) is 30.5 Å². The minimum atomic E-state index is -4.49. The SMILES string of the molecule is O=C(O)Nc1ccc(-c2nc(N3CC4C[C@@H](O)C(C3)O4)c3cnn(CC(F)(F)F)c3n2)cc1. The van der Waals surface area contributed by atoms with Gasteiger partial charge in [-0.25, -0.2) is 19.4 Å². The minimum absolute atomic E-state index is 0.0273. The number of hydrogen-bond donors (Lipinski definition) is 3. The van der Waals surface area contributed by atoms with Gasteiger partial charge < -0.3 is 19.8 Å². The van der Waals surface area contributed by atoms with Crippen LogP contribution in [0.25, 0.3) is 22.4 Å². The molecule has 3 atom stereocenters. The molecule has 2 bridgehead atoms. The third-order valence-electron chi connectivity index (χ3n) is 5.62. The molecule has 1 amide bonds. The number of nitrogens with one attached hydrogen (secondary N) is 1. The normalized spacial score (nSPS) is 22.7. The van der Waals surface area contributed by atoms with Gasteiger partial charge in [-0.1, -0.05) is 0 Å². The molecular weight excluding hydrogens is 445 g/mol. The number of fused-ring (bicyclic) bond motifs is 3. The van der Waals surface area contributed by atoms with Crippen molar-refractivity contribution in [3.63, 3.8) is 0 Å². The number of rotatable bonds is 4. The van der Waals surface area contributed by atoms with Gasteiger partial charge in [-0.05, 0) is 24.3 Å². The number of morpholine rings is 1. The number of aliphatic hydroxyl groups excluding tert-OH is 1. The first-order chi connectivity index (χ1) is 15.7. The number of halogens is 3. The largest absolute Gasteiger partial charge is 0.465 e. The predicted molar refractivity (Wildman–Crippen MR) is 110 cm³/mol. The maximum atomic E-state index is 13.1. The standard InChI is InChI=1S/C20H19F3N6O4/c21-20(22,23)9-29-18-13(6-24-29)17(28-7-12-5-14(30)15(8-28)33-12)26-16(27-18)10-1-3-11(4-2-10)25-19(31)32/h1-4,6,12,14-15,25,30H,5,7-9H2,(H,31,32)/t12?,14-,15?/m1/s1. The van der Waals surface area contributed by atoms with Gasteiger partial charge in [-0.3, -0.25) is 5.32 Å². The number of nitrogens with zero attached hydrogens (tertiary/aromatic N) is 5. The molecule has 0 aliphatic carbocycles. The average molecular weight is 464 g/mol. The van der Waals surface area contributed by atoms with Crippen molar-refractivity contribution >= 4 is 28.6 Å². The highest BCUT2D eigenvalue weighted by Crippen LogP contribution is 2.34. The zero-order valence-electron chi connectivity index (χ0n) is 17.0. The summed E-state index contributed by atoms with van der Waals surface area (Å²) in [5.74, 6) is 0.575. The van der Waals surface area contributed by atoms with E-state index in [1.165, 1.54) is 18.3 Å². The van der Waals surface area contributed by atoms with Crippen molar-refractivity contribution in [3.8, 4) is 11.4 Å². The second-order valence-electron chi connectivity index (χ2n) is 8.04. The Morgan fingerprint density at radius 3 is 2.64 bits per heavy atom. The number of aliphatic hydroxyl groups is 1. The zero-order chi connectivity index (χ0) is 23.3. The Morgan fingerprint density at radius 2 is 1.97 bits per heavy atom. The van der Waals surface area contributed by atoms with E-state index in [4.69, 9.17) is 9.84 Å². The molecule has 2 unspecified atom stereocenters. The van der Waals surface area contributed by atoms with E-state index < -0.39 is 31.0 Å². The highest BCUT2D eigenvalue weighted by Gasteiger charge is 2.41. The summed E-state index contributed by atoms with van der Waals surface area (Å²) in [4.78, 5) is 21.7. The van der Waals surface area contributed by atoms with E-state index in [1.54, 1.807) is 12.1 Å². The summed E-state index contributed by atoms with van der Waals surface area (Å²) >= 11 is 0. The molecular formula is C20H19F3N6O4. The summed E-state index contributed by atoms with van der Waals surface area (Å²) in [6, 6.07) is 6.17. The van der Waals surface area contributed by atoms with Crippen molar-refractivity contribution in [3.05, 3.63) is 30.5 Å². The first-order valence-corrected chi connectivity index (χ1v) is 10.2. The Bertz CT molecular complexity index is 1200. The Morgan fingerprint density at radius 1 is 1.21 bits per heavy atom. The van der Waals surface area contributed by atoms with E-state index >= 15 is 0 Å². The van der Waals surface area contributed by atoms with Gasteiger partial charge in [0.05, 0.1) is 23.8 Å². The predicted octanol–water partition coefficient (Wildman–Crippen LogP) is 2.48. The van der Waals surface area contributed by atoms with Gasteiger partial charge in [0.15, 0.2) is 11.5 Å². The Hall–Kier alpha value is -3.45. The quantitative estimate of drug-likeness (QED) is 0.538. The van der Waals surface area contributed by atoms with Gasteiger partial charge in [-0.2, -0.15) is 18.3 Å². The third-order valence-corrected chi connectivity index (χ3v) is 5.62. The average Bonchev–Trinajstić information content (AvgIpc) is 3.25. The molecule has 5 rings (SSSR count). The minimum Gasteiger partial charge on any atom is -0.465 e. The van der Waals surface area contributed by atoms with Crippen LogP contribution in [-0.2, 0) is 11.3 Å². The fourth-order valence-electron chi connectivity index (χ4n) is 4.23. The number of carbonyl (C=O) groups is 1. The number of ether oxygens (including phenoxy) is 1. The van der Waals surface area contributed by atoms with Crippen molar-refractivity contribution in [1.82, 2.24) is 19.7 Å².